The molecule has 9 nitrogen and oxygen atoms in total. The molecule has 7 atom stereocenters. The average Bonchev–Trinajstić information content (AvgIpc) is 3.26. The zero-order chi connectivity index (χ0) is 26.3. The van der Waals surface area contributed by atoms with Crippen LogP contribution in [0.4, 0.5) is 4.79 Å². The summed E-state index contributed by atoms with van der Waals surface area (Å²) < 4.78 is 36.7. The summed E-state index contributed by atoms with van der Waals surface area (Å²) in [6.45, 7) is 9.09. The monoisotopic (exact) mass is 540 g/mol. The highest BCUT2D eigenvalue weighted by Gasteiger charge is 2.63. The van der Waals surface area contributed by atoms with E-state index in [0.29, 0.717) is 10.9 Å². The van der Waals surface area contributed by atoms with E-state index in [0.717, 1.165) is 4.90 Å². The van der Waals surface area contributed by atoms with Crippen molar-refractivity contribution in [2.24, 2.45) is 4.99 Å². The Hall–Kier alpha value is -1.34. The number of fused-ring (bicyclic) bond motifs is 3. The van der Waals surface area contributed by atoms with Crippen molar-refractivity contribution < 1.29 is 33.2 Å². The van der Waals surface area contributed by atoms with Crippen LogP contribution in [0.25, 0.3) is 0 Å². The molecule has 0 radical (unpaired) electrons. The average molecular weight is 541 g/mol. The van der Waals surface area contributed by atoms with Crippen LogP contribution in [-0.2, 0) is 28.4 Å². The molecule has 0 N–H and O–H groups in total. The van der Waals surface area contributed by atoms with Crippen LogP contribution in [0, 0.1) is 0 Å². The first-order valence-electron chi connectivity index (χ1n) is 11.9. The first-order valence-corrected chi connectivity index (χ1v) is 13.8. The summed E-state index contributed by atoms with van der Waals surface area (Å²) in [6, 6.07) is 9.73. The maximum Gasteiger partial charge on any atom is 0.416 e. The second-order valence-corrected chi connectivity index (χ2v) is 12.3. The lowest BCUT2D eigenvalue weighted by Gasteiger charge is -2.56. The number of hydrogen-bond acceptors (Lipinski definition) is 10. The summed E-state index contributed by atoms with van der Waals surface area (Å²) in [5.74, 6) is -1.71. The van der Waals surface area contributed by atoms with E-state index in [2.05, 4.69) is 12.1 Å². The molecule has 1 aromatic carbocycles. The summed E-state index contributed by atoms with van der Waals surface area (Å²) in [5, 5.41) is 0.511. The number of methoxy groups -OCH3 is 2. The number of thioether (sulfide) groups is 2. The molecule has 0 saturated carbocycles. The van der Waals surface area contributed by atoms with Crippen LogP contribution in [0.5, 0.6) is 0 Å². The summed E-state index contributed by atoms with van der Waals surface area (Å²) in [4.78, 5) is 20.1. The Morgan fingerprint density at radius 1 is 1.11 bits per heavy atom. The van der Waals surface area contributed by atoms with Crippen LogP contribution >= 0.6 is 23.5 Å². The van der Waals surface area contributed by atoms with Crippen LogP contribution in [0.15, 0.2) is 40.2 Å². The molecule has 3 aliphatic rings. The van der Waals surface area contributed by atoms with E-state index in [1.165, 1.54) is 16.7 Å². The minimum absolute atomic E-state index is 0.314. The van der Waals surface area contributed by atoms with Crippen molar-refractivity contribution in [1.29, 1.82) is 0 Å². The summed E-state index contributed by atoms with van der Waals surface area (Å²) in [6.07, 6.45) is -1.73. The van der Waals surface area contributed by atoms with Crippen molar-refractivity contribution in [2.45, 2.75) is 86.5 Å². The predicted octanol–water partition coefficient (Wildman–Crippen LogP) is 4.35. The zero-order valence-corrected chi connectivity index (χ0v) is 23.7. The Bertz CT molecular complexity index is 975. The largest absolute Gasteiger partial charge is 0.443 e. The molecule has 0 aliphatic carbocycles. The third-order valence-electron chi connectivity index (χ3n) is 6.53. The van der Waals surface area contributed by atoms with Gasteiger partial charge < -0.3 is 28.4 Å². The lowest BCUT2D eigenvalue weighted by atomic mass is 9.94. The topological polar surface area (TPSA) is 88.1 Å². The maximum absolute atomic E-state index is 12.7. The van der Waals surface area contributed by atoms with E-state index in [9.17, 15) is 4.79 Å². The van der Waals surface area contributed by atoms with Crippen molar-refractivity contribution in [2.75, 3.05) is 27.0 Å². The Labute approximate surface area is 221 Å². The highest BCUT2D eigenvalue weighted by molar-refractivity contribution is 8.14. The molecule has 2 saturated heterocycles. The fraction of sp³-hybridized carbons (Fsp3) is 0.680. The lowest BCUT2D eigenvalue weighted by molar-refractivity contribution is -0.462. The second kappa shape index (κ2) is 10.4. The van der Waals surface area contributed by atoms with Crippen LogP contribution in [0.1, 0.15) is 34.6 Å². The fourth-order valence-corrected chi connectivity index (χ4v) is 6.42. The Balaban J connectivity index is 1.60. The van der Waals surface area contributed by atoms with Gasteiger partial charge in [0.25, 0.3) is 0 Å². The third-order valence-corrected chi connectivity index (χ3v) is 8.85. The van der Waals surface area contributed by atoms with Crippen LogP contribution in [-0.4, -0.2) is 90.1 Å². The number of nitrogens with zero attached hydrogens (tertiary/aromatic N) is 2. The van der Waals surface area contributed by atoms with Gasteiger partial charge in [0.2, 0.25) is 11.6 Å². The molecule has 11 heteroatoms. The number of hydrogen-bond donors (Lipinski definition) is 0. The molecule has 1 aromatic rings. The number of ether oxygens (including phenoxy) is 6. The normalized spacial score (nSPS) is 36.0. The molecule has 4 rings (SSSR count). The molecule has 200 valence electrons. The van der Waals surface area contributed by atoms with Gasteiger partial charge in [-0.05, 0) is 46.8 Å². The van der Waals surface area contributed by atoms with Gasteiger partial charge in [-0.2, -0.15) is 0 Å². The van der Waals surface area contributed by atoms with E-state index < -0.39 is 41.5 Å². The first-order chi connectivity index (χ1) is 16.9. The van der Waals surface area contributed by atoms with Crippen molar-refractivity contribution in [3.05, 3.63) is 30.3 Å². The molecule has 0 bridgehead atoms. The first kappa shape index (κ1) is 27.7. The molecule has 0 spiro atoms. The number of amidine groups is 1. The van der Waals surface area contributed by atoms with Crippen LogP contribution < -0.4 is 0 Å². The zero-order valence-electron chi connectivity index (χ0n) is 22.0. The van der Waals surface area contributed by atoms with Crippen molar-refractivity contribution >= 4 is 34.8 Å². The number of benzene rings is 1. The van der Waals surface area contributed by atoms with Gasteiger partial charge in [-0.15, -0.1) is 11.8 Å². The molecule has 3 heterocycles. The van der Waals surface area contributed by atoms with Gasteiger partial charge in [-0.1, -0.05) is 30.0 Å². The maximum atomic E-state index is 12.7. The van der Waals surface area contributed by atoms with Gasteiger partial charge in [0, 0.05) is 31.9 Å². The highest BCUT2D eigenvalue weighted by atomic mass is 32.2. The van der Waals surface area contributed by atoms with Crippen LogP contribution in [0.2, 0.25) is 0 Å². The van der Waals surface area contributed by atoms with Gasteiger partial charge in [0.15, 0.2) is 5.17 Å². The van der Waals surface area contributed by atoms with Gasteiger partial charge in [-0.3, -0.25) is 9.89 Å². The molecular weight excluding hydrogens is 504 g/mol. The van der Waals surface area contributed by atoms with E-state index in [1.807, 2.05) is 39.0 Å². The molecule has 0 unspecified atom stereocenters. The number of amides is 1. The van der Waals surface area contributed by atoms with Gasteiger partial charge >= 0.3 is 6.09 Å². The number of aliphatic imine (C=N–C) groups is 1. The molecule has 1 amide bonds. The molecular formula is C25H36N2O7S2. The number of rotatable bonds is 5. The SMILES string of the molecule is CO[C@@]1(C)O[C@@H]2[C@H]3N=C(N(C)C(=O)OC(C)(C)C)S[C@H]3O[C@H](CSc3ccccc3)[C@H]2O[C@]1(C)OC. The summed E-state index contributed by atoms with van der Waals surface area (Å²) in [7, 11) is 4.78. The Morgan fingerprint density at radius 2 is 1.72 bits per heavy atom. The van der Waals surface area contributed by atoms with Gasteiger partial charge in [0.1, 0.15) is 29.3 Å². The van der Waals surface area contributed by atoms with Crippen molar-refractivity contribution in [3.63, 3.8) is 0 Å². The Morgan fingerprint density at radius 3 is 2.31 bits per heavy atom. The predicted molar refractivity (Wildman–Crippen MR) is 139 cm³/mol. The van der Waals surface area contributed by atoms with E-state index >= 15 is 0 Å². The van der Waals surface area contributed by atoms with Gasteiger partial charge in [0.05, 0.1) is 6.10 Å². The minimum Gasteiger partial charge on any atom is -0.443 e. The summed E-state index contributed by atoms with van der Waals surface area (Å²) >= 11 is 3.07. The third kappa shape index (κ3) is 5.43. The molecule has 3 aliphatic heterocycles. The van der Waals surface area contributed by atoms with E-state index in [1.54, 1.807) is 46.9 Å². The number of carbonyl (C=O) groups is 1. The molecule has 2 fully saturated rings. The Kier molecular flexibility index (Phi) is 8.03. The quantitative estimate of drug-likeness (QED) is 0.506. The second-order valence-electron chi connectivity index (χ2n) is 10.2. The fourth-order valence-electron chi connectivity index (χ4n) is 4.27. The molecule has 36 heavy (non-hydrogen) atoms. The smallest absolute Gasteiger partial charge is 0.416 e. The molecule has 0 aromatic heterocycles. The highest BCUT2D eigenvalue weighted by Crippen LogP contribution is 2.48. The summed E-state index contributed by atoms with van der Waals surface area (Å²) in [5.41, 5.74) is -0.974. The minimum atomic E-state index is -1.18. The van der Waals surface area contributed by atoms with Gasteiger partial charge in [-0.25, -0.2) is 4.79 Å². The number of carbonyl (C=O) groups excluding carboxylic acids is 1. The van der Waals surface area contributed by atoms with Crippen molar-refractivity contribution in [1.82, 2.24) is 4.90 Å². The van der Waals surface area contributed by atoms with E-state index in [4.69, 9.17) is 33.4 Å². The van der Waals surface area contributed by atoms with Crippen molar-refractivity contribution in [3.8, 4) is 0 Å². The van der Waals surface area contributed by atoms with E-state index in [-0.39, 0.29) is 11.5 Å². The standard InChI is InChI=1S/C25H36N2O7S2/c1-23(2,3)34-22(28)27(6)21-26-17-19-18(32-24(4,29-7)25(5,30-8)33-19)16(31-20(17)36-21)14-35-15-12-10-9-11-13-15/h9-13,16-20H,14H2,1-8H3/t16-,17-,18-,19-,20-,24+,25+/m1/s1. The lowest BCUT2D eigenvalue weighted by Crippen LogP contribution is -2.71. The van der Waals surface area contributed by atoms with Crippen LogP contribution in [0.3, 0.4) is 0 Å².